The van der Waals surface area contributed by atoms with Crippen molar-refractivity contribution >= 4 is 66.1 Å². The second kappa shape index (κ2) is 13.5. The molecule has 60 heavy (non-hydrogen) atoms. The van der Waals surface area contributed by atoms with Crippen molar-refractivity contribution in [2.24, 2.45) is 0 Å². The summed E-state index contributed by atoms with van der Waals surface area (Å²) in [7, 11) is 0. The van der Waals surface area contributed by atoms with Gasteiger partial charge in [0.1, 0.15) is 11.6 Å². The number of hydrogen-bond acceptors (Lipinski definition) is 3. The van der Waals surface area contributed by atoms with Crippen molar-refractivity contribution in [3.8, 4) is 39.6 Å². The molecule has 0 amide bonds. The topological polar surface area (TPSA) is 44.3 Å². The number of hydrogen-bond donors (Lipinski definition) is 0. The molecule has 0 aliphatic carbocycles. The van der Waals surface area contributed by atoms with Gasteiger partial charge in [-0.15, -0.1) is 0 Å². The third-order valence-corrected chi connectivity index (χ3v) is 12.0. The Morgan fingerprint density at radius 1 is 0.500 bits per heavy atom. The monoisotopic (exact) mass is 768 g/mol. The standard InChI is InChI=1S/C55H36N4O/c1-2-35-28-29-38(37-30-31-49-44(32-37)41-21-12-14-25-47(41)58(49)39-18-7-4-8-19-39)33-51(35)60-55-45(54-42-22-10-9-20-40(42)48-26-15-27-50(55)59(48)54)34-52-56-46-24-13-11-23-43(46)53(57-52)36-16-5-3-6-17-36/h2-33H,1,34H2. The molecule has 0 radical (unpaired) electrons. The Kier molecular flexibility index (Phi) is 7.69. The maximum absolute atomic E-state index is 7.27. The largest absolute Gasteiger partial charge is 0.454 e. The van der Waals surface area contributed by atoms with Crippen molar-refractivity contribution in [3.63, 3.8) is 0 Å². The fourth-order valence-corrected chi connectivity index (χ4v) is 9.28. The average Bonchev–Trinajstić information content (AvgIpc) is 3.94. The number of fused-ring (bicyclic) bond motifs is 7. The molecule has 5 heteroatoms. The van der Waals surface area contributed by atoms with Crippen LogP contribution in [-0.2, 0) is 6.42 Å². The molecule has 0 atom stereocenters. The number of nitrogens with zero attached hydrogens (tertiary/aromatic N) is 4. The molecule has 5 nitrogen and oxygen atoms in total. The van der Waals surface area contributed by atoms with E-state index in [2.05, 4.69) is 191 Å². The zero-order chi connectivity index (χ0) is 39.7. The van der Waals surface area contributed by atoms with E-state index in [0.29, 0.717) is 6.42 Å². The summed E-state index contributed by atoms with van der Waals surface area (Å²) in [6, 6.07) is 66.2. The minimum atomic E-state index is 0.468. The summed E-state index contributed by atoms with van der Waals surface area (Å²) in [5.74, 6) is 2.26. The van der Waals surface area contributed by atoms with Crippen LogP contribution in [-0.4, -0.2) is 18.9 Å². The van der Waals surface area contributed by atoms with Gasteiger partial charge >= 0.3 is 0 Å². The molecule has 12 rings (SSSR count). The first kappa shape index (κ1) is 34.1. The van der Waals surface area contributed by atoms with Crippen molar-refractivity contribution in [1.29, 1.82) is 0 Å². The SMILES string of the molecule is C=Cc1ccc(-c2ccc3c(c2)c2ccccc2n3-c2ccccc2)cc1Oc1c(Cc2nc(-c3ccccc3)c3ccccc3n2)c2c3ccccc3c3cccc1n32. The lowest BCUT2D eigenvalue weighted by Crippen LogP contribution is -2.01. The molecule has 0 unspecified atom stereocenters. The van der Waals surface area contributed by atoms with Gasteiger partial charge in [0.15, 0.2) is 5.75 Å². The Morgan fingerprint density at radius 3 is 1.95 bits per heavy atom. The van der Waals surface area contributed by atoms with E-state index in [1.54, 1.807) is 0 Å². The van der Waals surface area contributed by atoms with Crippen LogP contribution < -0.4 is 4.74 Å². The van der Waals surface area contributed by atoms with Gasteiger partial charge in [-0.3, -0.25) is 0 Å². The fraction of sp³-hybridized carbons (Fsp3) is 0.0182. The normalized spacial score (nSPS) is 11.8. The number of ether oxygens (including phenoxy) is 1. The van der Waals surface area contributed by atoms with Crippen LogP contribution in [0.3, 0.4) is 0 Å². The molecule has 5 heterocycles. The number of benzene rings is 7. The molecule has 0 aliphatic heterocycles. The van der Waals surface area contributed by atoms with Crippen LogP contribution in [0, 0.1) is 0 Å². The van der Waals surface area contributed by atoms with Crippen molar-refractivity contribution in [2.75, 3.05) is 0 Å². The summed E-state index contributed by atoms with van der Waals surface area (Å²) in [6.07, 6.45) is 2.34. The highest BCUT2D eigenvalue weighted by molar-refractivity contribution is 6.13. The zero-order valence-electron chi connectivity index (χ0n) is 32.6. The molecule has 0 saturated heterocycles. The zero-order valence-corrected chi connectivity index (χ0v) is 32.6. The van der Waals surface area contributed by atoms with Crippen LogP contribution in [0.4, 0.5) is 0 Å². The number of para-hydroxylation sites is 3. The van der Waals surface area contributed by atoms with Gasteiger partial charge in [0, 0.05) is 55.7 Å². The van der Waals surface area contributed by atoms with E-state index in [-0.39, 0.29) is 0 Å². The third-order valence-electron chi connectivity index (χ3n) is 12.0. The Bertz CT molecular complexity index is 3620. The minimum absolute atomic E-state index is 0.468. The Balaban J connectivity index is 1.03. The molecule has 0 saturated carbocycles. The van der Waals surface area contributed by atoms with Crippen molar-refractivity contribution < 1.29 is 4.74 Å². The van der Waals surface area contributed by atoms with E-state index in [9.17, 15) is 0 Å². The molecule has 282 valence electrons. The lowest BCUT2D eigenvalue weighted by molar-refractivity contribution is 0.483. The van der Waals surface area contributed by atoms with Crippen molar-refractivity contribution in [1.82, 2.24) is 18.9 Å². The summed E-state index contributed by atoms with van der Waals surface area (Å²) < 4.78 is 12.0. The molecule has 0 N–H and O–H groups in total. The summed E-state index contributed by atoms with van der Waals surface area (Å²) in [4.78, 5) is 10.5. The number of rotatable bonds is 8. The number of aromatic nitrogens is 4. The Labute approximate surface area is 346 Å². The first-order valence-electron chi connectivity index (χ1n) is 20.3. The molecule has 0 fully saturated rings. The van der Waals surface area contributed by atoms with Crippen molar-refractivity contribution in [2.45, 2.75) is 6.42 Å². The van der Waals surface area contributed by atoms with E-state index >= 15 is 0 Å². The van der Waals surface area contributed by atoms with Gasteiger partial charge in [-0.25, -0.2) is 9.97 Å². The maximum Gasteiger partial charge on any atom is 0.157 e. The second-order valence-corrected chi connectivity index (χ2v) is 15.4. The lowest BCUT2D eigenvalue weighted by Gasteiger charge is -2.14. The Morgan fingerprint density at radius 2 is 1.13 bits per heavy atom. The Hall–Kier alpha value is -8.02. The first-order chi connectivity index (χ1) is 29.7. The first-order valence-corrected chi connectivity index (χ1v) is 20.3. The predicted octanol–water partition coefficient (Wildman–Crippen LogP) is 14.1. The minimum Gasteiger partial charge on any atom is -0.454 e. The van der Waals surface area contributed by atoms with Crippen LogP contribution >= 0.6 is 0 Å². The molecule has 5 aromatic heterocycles. The molecular weight excluding hydrogens is 733 g/mol. The molecular formula is C55H36N4O. The van der Waals surface area contributed by atoms with E-state index in [0.717, 1.165) is 84.0 Å². The highest BCUT2D eigenvalue weighted by Crippen LogP contribution is 2.45. The summed E-state index contributed by atoms with van der Waals surface area (Å²) in [5, 5.41) is 5.81. The molecule has 0 bridgehead atoms. The van der Waals surface area contributed by atoms with Crippen LogP contribution in [0.15, 0.2) is 195 Å². The summed E-state index contributed by atoms with van der Waals surface area (Å²) in [6.45, 7) is 4.21. The van der Waals surface area contributed by atoms with Crippen molar-refractivity contribution in [3.05, 3.63) is 212 Å². The van der Waals surface area contributed by atoms with Gasteiger partial charge in [-0.1, -0.05) is 146 Å². The molecule has 7 aromatic carbocycles. The van der Waals surface area contributed by atoms with E-state index in [4.69, 9.17) is 14.7 Å². The second-order valence-electron chi connectivity index (χ2n) is 15.4. The third kappa shape index (κ3) is 5.26. The highest BCUT2D eigenvalue weighted by Gasteiger charge is 2.25. The smallest absolute Gasteiger partial charge is 0.157 e. The van der Waals surface area contributed by atoms with Gasteiger partial charge in [0.05, 0.1) is 38.8 Å². The summed E-state index contributed by atoms with van der Waals surface area (Å²) in [5.41, 5.74) is 13.7. The van der Waals surface area contributed by atoms with Gasteiger partial charge in [0.2, 0.25) is 0 Å². The number of pyridine rings is 1. The molecule has 0 aliphatic rings. The van der Waals surface area contributed by atoms with Crippen LogP contribution in [0.2, 0.25) is 0 Å². The van der Waals surface area contributed by atoms with Crippen LogP contribution in [0.1, 0.15) is 17.0 Å². The van der Waals surface area contributed by atoms with Crippen LogP contribution in [0.25, 0.3) is 94.2 Å². The van der Waals surface area contributed by atoms with Crippen LogP contribution in [0.5, 0.6) is 11.5 Å². The lowest BCUT2D eigenvalue weighted by atomic mass is 10.0. The molecule has 12 aromatic rings. The summed E-state index contributed by atoms with van der Waals surface area (Å²) >= 11 is 0. The van der Waals surface area contributed by atoms with Gasteiger partial charge in [-0.2, -0.15) is 0 Å². The predicted molar refractivity (Wildman–Crippen MR) is 248 cm³/mol. The van der Waals surface area contributed by atoms with Gasteiger partial charge in [-0.05, 0) is 65.7 Å². The van der Waals surface area contributed by atoms with E-state index < -0.39 is 0 Å². The average molecular weight is 769 g/mol. The van der Waals surface area contributed by atoms with Gasteiger partial charge in [0.25, 0.3) is 0 Å². The van der Waals surface area contributed by atoms with E-state index in [1.165, 1.54) is 32.6 Å². The van der Waals surface area contributed by atoms with E-state index in [1.807, 2.05) is 18.2 Å². The maximum atomic E-state index is 7.27. The highest BCUT2D eigenvalue weighted by atomic mass is 16.5. The quantitative estimate of drug-likeness (QED) is 0.155. The fourth-order valence-electron chi connectivity index (χ4n) is 9.28. The van der Waals surface area contributed by atoms with Gasteiger partial charge < -0.3 is 13.7 Å². The molecule has 0 spiro atoms.